The Morgan fingerprint density at radius 2 is 2.05 bits per heavy atom. The minimum Gasteiger partial charge on any atom is -0.387 e. The van der Waals surface area contributed by atoms with Gasteiger partial charge in [0.25, 0.3) is 0 Å². The summed E-state index contributed by atoms with van der Waals surface area (Å²) >= 11 is 4.96. The van der Waals surface area contributed by atoms with Gasteiger partial charge in [0.15, 0.2) is 5.82 Å². The quantitative estimate of drug-likeness (QED) is 0.902. The number of thioether (sulfide) groups is 1. The summed E-state index contributed by atoms with van der Waals surface area (Å²) in [4.78, 5) is 0. The van der Waals surface area contributed by atoms with Gasteiger partial charge in [0, 0.05) is 4.47 Å². The summed E-state index contributed by atoms with van der Waals surface area (Å²) in [6, 6.07) is 7.67. The van der Waals surface area contributed by atoms with E-state index in [0.29, 0.717) is 5.16 Å². The summed E-state index contributed by atoms with van der Waals surface area (Å²) in [5.41, 5.74) is 1.71. The molecule has 0 bridgehead atoms. The highest BCUT2D eigenvalue weighted by atomic mass is 79.9. The third-order valence-electron chi connectivity index (χ3n) is 3.18. The predicted octanol–water partition coefficient (Wildman–Crippen LogP) is 2.78. The standard InChI is InChI=1S/C13H13BrN4OS/c1-7-12(11(19)9-5-3-4-6-10(9)14)20-13-16-15-8(2)18(13)17-7/h3-6,11-12,19H,1-2H3/t11-,12-/m0/s1. The summed E-state index contributed by atoms with van der Waals surface area (Å²) in [5.74, 6) is 0.751. The van der Waals surface area contributed by atoms with Gasteiger partial charge >= 0.3 is 0 Å². The van der Waals surface area contributed by atoms with Crippen LogP contribution in [0.2, 0.25) is 0 Å². The minimum absolute atomic E-state index is 0.162. The van der Waals surface area contributed by atoms with E-state index >= 15 is 0 Å². The van der Waals surface area contributed by atoms with E-state index in [2.05, 4.69) is 31.2 Å². The monoisotopic (exact) mass is 352 g/mol. The molecular weight excluding hydrogens is 340 g/mol. The highest BCUT2D eigenvalue weighted by Crippen LogP contribution is 2.37. The van der Waals surface area contributed by atoms with Gasteiger partial charge < -0.3 is 5.11 Å². The van der Waals surface area contributed by atoms with Crippen LogP contribution in [-0.2, 0) is 0 Å². The lowest BCUT2D eigenvalue weighted by atomic mass is 10.0. The first-order valence-corrected chi connectivity index (χ1v) is 7.82. The lowest BCUT2D eigenvalue weighted by molar-refractivity contribution is 0.189. The van der Waals surface area contributed by atoms with Crippen molar-refractivity contribution < 1.29 is 5.11 Å². The molecule has 1 aliphatic rings. The average molecular weight is 353 g/mol. The second-order valence-electron chi connectivity index (χ2n) is 4.59. The number of rotatable bonds is 2. The van der Waals surface area contributed by atoms with E-state index in [-0.39, 0.29) is 5.25 Å². The zero-order chi connectivity index (χ0) is 14.3. The van der Waals surface area contributed by atoms with Gasteiger partial charge in [-0.25, -0.2) is 0 Å². The van der Waals surface area contributed by atoms with Gasteiger partial charge in [-0.2, -0.15) is 9.78 Å². The molecule has 1 aromatic carbocycles. The van der Waals surface area contributed by atoms with Crippen LogP contribution in [0.4, 0.5) is 0 Å². The Labute approximate surface area is 129 Å². The first-order valence-electron chi connectivity index (χ1n) is 6.14. The molecule has 2 aromatic rings. The molecule has 0 amide bonds. The zero-order valence-corrected chi connectivity index (χ0v) is 13.4. The molecule has 0 fully saturated rings. The van der Waals surface area contributed by atoms with Crippen LogP contribution in [0.1, 0.15) is 24.4 Å². The maximum absolute atomic E-state index is 10.6. The summed E-state index contributed by atoms with van der Waals surface area (Å²) < 4.78 is 2.60. The third-order valence-corrected chi connectivity index (χ3v) is 5.22. The number of aryl methyl sites for hydroxylation is 1. The molecule has 2 heterocycles. The predicted molar refractivity (Wildman–Crippen MR) is 82.0 cm³/mol. The molecule has 3 rings (SSSR count). The highest BCUT2D eigenvalue weighted by molar-refractivity contribution is 9.10. The van der Waals surface area contributed by atoms with E-state index < -0.39 is 6.10 Å². The van der Waals surface area contributed by atoms with Crippen molar-refractivity contribution in [2.75, 3.05) is 0 Å². The number of hydrogen-bond donors (Lipinski definition) is 1. The normalized spacial score (nSPS) is 19.4. The molecule has 0 saturated carbocycles. The zero-order valence-electron chi connectivity index (χ0n) is 11.0. The molecule has 2 atom stereocenters. The van der Waals surface area contributed by atoms with Crippen molar-refractivity contribution in [2.24, 2.45) is 5.10 Å². The molecule has 0 aliphatic carbocycles. The van der Waals surface area contributed by atoms with E-state index in [0.717, 1.165) is 21.6 Å². The fourth-order valence-electron chi connectivity index (χ4n) is 2.11. The summed E-state index contributed by atoms with van der Waals surface area (Å²) in [7, 11) is 0. The van der Waals surface area contributed by atoms with Crippen LogP contribution < -0.4 is 0 Å². The largest absolute Gasteiger partial charge is 0.387 e. The van der Waals surface area contributed by atoms with Gasteiger partial charge in [-0.3, -0.25) is 0 Å². The lowest BCUT2D eigenvalue weighted by Gasteiger charge is -2.25. The van der Waals surface area contributed by atoms with Crippen LogP contribution >= 0.6 is 27.7 Å². The van der Waals surface area contributed by atoms with Crippen molar-refractivity contribution in [1.82, 2.24) is 14.9 Å². The van der Waals surface area contributed by atoms with E-state index in [1.807, 2.05) is 38.1 Å². The molecule has 0 spiro atoms. The van der Waals surface area contributed by atoms with Crippen LogP contribution in [-0.4, -0.2) is 30.9 Å². The fourth-order valence-corrected chi connectivity index (χ4v) is 3.71. The second-order valence-corrected chi connectivity index (χ2v) is 6.55. The van der Waals surface area contributed by atoms with Crippen LogP contribution in [0.15, 0.2) is 39.0 Å². The van der Waals surface area contributed by atoms with Crippen LogP contribution in [0, 0.1) is 6.92 Å². The molecule has 0 saturated heterocycles. The average Bonchev–Trinajstić information content (AvgIpc) is 2.79. The molecule has 1 aliphatic heterocycles. The van der Waals surface area contributed by atoms with Crippen molar-refractivity contribution in [3.63, 3.8) is 0 Å². The van der Waals surface area contributed by atoms with Crippen molar-refractivity contribution in [1.29, 1.82) is 0 Å². The fraction of sp³-hybridized carbons (Fsp3) is 0.308. The Kier molecular flexibility index (Phi) is 3.66. The number of aliphatic hydroxyl groups is 1. The van der Waals surface area contributed by atoms with Gasteiger partial charge in [-0.1, -0.05) is 45.9 Å². The number of benzene rings is 1. The molecule has 5 nitrogen and oxygen atoms in total. The summed E-state index contributed by atoms with van der Waals surface area (Å²) in [5, 5.41) is 23.8. The molecule has 104 valence electrons. The first-order chi connectivity index (χ1) is 9.58. The molecule has 1 aromatic heterocycles. The topological polar surface area (TPSA) is 63.3 Å². The Bertz CT molecular complexity index is 685. The van der Waals surface area contributed by atoms with Crippen LogP contribution in [0.5, 0.6) is 0 Å². The molecular formula is C13H13BrN4OS. The van der Waals surface area contributed by atoms with Gasteiger partial charge in [-0.15, -0.1) is 10.2 Å². The van der Waals surface area contributed by atoms with Crippen LogP contribution in [0.25, 0.3) is 0 Å². The Morgan fingerprint density at radius 3 is 2.80 bits per heavy atom. The Balaban J connectivity index is 1.95. The Morgan fingerprint density at radius 1 is 1.30 bits per heavy atom. The van der Waals surface area contributed by atoms with Crippen molar-refractivity contribution in [3.05, 3.63) is 40.1 Å². The second kappa shape index (κ2) is 5.31. The molecule has 0 radical (unpaired) electrons. The molecule has 1 N–H and O–H groups in total. The summed E-state index contributed by atoms with van der Waals surface area (Å²) in [6.45, 7) is 3.78. The third kappa shape index (κ3) is 2.30. The van der Waals surface area contributed by atoms with Crippen molar-refractivity contribution >= 4 is 33.4 Å². The molecule has 0 unspecified atom stereocenters. The van der Waals surface area contributed by atoms with E-state index in [9.17, 15) is 5.11 Å². The molecule has 7 heteroatoms. The van der Waals surface area contributed by atoms with Crippen molar-refractivity contribution in [3.8, 4) is 0 Å². The van der Waals surface area contributed by atoms with Crippen LogP contribution in [0.3, 0.4) is 0 Å². The maximum atomic E-state index is 10.6. The van der Waals surface area contributed by atoms with E-state index in [4.69, 9.17) is 0 Å². The van der Waals surface area contributed by atoms with Gasteiger partial charge in [0.2, 0.25) is 5.16 Å². The molecule has 20 heavy (non-hydrogen) atoms. The van der Waals surface area contributed by atoms with Crippen molar-refractivity contribution in [2.45, 2.75) is 30.4 Å². The number of nitrogens with zero attached hydrogens (tertiary/aromatic N) is 4. The van der Waals surface area contributed by atoms with Gasteiger partial charge in [0.1, 0.15) is 0 Å². The summed E-state index contributed by atoms with van der Waals surface area (Å²) in [6.07, 6.45) is -0.648. The number of aromatic nitrogens is 3. The first kappa shape index (κ1) is 13.8. The number of hydrogen-bond acceptors (Lipinski definition) is 5. The highest BCUT2D eigenvalue weighted by Gasteiger charge is 2.31. The van der Waals surface area contributed by atoms with Gasteiger partial charge in [-0.05, 0) is 25.5 Å². The van der Waals surface area contributed by atoms with E-state index in [1.54, 1.807) is 4.68 Å². The smallest absolute Gasteiger partial charge is 0.212 e. The minimum atomic E-state index is -0.648. The van der Waals surface area contributed by atoms with Gasteiger partial charge in [0.05, 0.1) is 17.1 Å². The SMILES string of the molecule is CC1=Nn2c(C)nnc2S[C@@H]1[C@@H](O)c1ccccc1Br. The maximum Gasteiger partial charge on any atom is 0.212 e. The lowest BCUT2D eigenvalue weighted by Crippen LogP contribution is -2.27. The number of halogens is 1. The Hall–Kier alpha value is -1.18. The van der Waals surface area contributed by atoms with E-state index in [1.165, 1.54) is 11.8 Å². The number of fused-ring (bicyclic) bond motifs is 1. The number of aliphatic hydroxyl groups excluding tert-OH is 1.